The molecule has 3 heterocycles. The standard InChI is InChI=1S/C52H32N2O/c1-2-13-33(14-3-1)37-16-6-9-21-45(37)53-46-22-10-7-18-39(46)43-31-35(26-29-47(43)53)36-27-30-48-44(32-36)41-28-25-34-15-4-5-17-38(34)51(41)54(48)49-23-12-20-42-40-19-8-11-24-50(40)55-52(42)49/h1-32H. The molecule has 0 amide bonds. The summed E-state index contributed by atoms with van der Waals surface area (Å²) in [5.41, 5.74) is 13.5. The van der Waals surface area contributed by atoms with Gasteiger partial charge >= 0.3 is 0 Å². The van der Waals surface area contributed by atoms with Gasteiger partial charge in [-0.15, -0.1) is 0 Å². The maximum Gasteiger partial charge on any atom is 0.159 e. The largest absolute Gasteiger partial charge is 0.454 e. The quantitative estimate of drug-likeness (QED) is 0.179. The molecule has 3 heteroatoms. The second-order valence-electron chi connectivity index (χ2n) is 14.5. The summed E-state index contributed by atoms with van der Waals surface area (Å²) in [4.78, 5) is 0. The van der Waals surface area contributed by atoms with Gasteiger partial charge in [-0.05, 0) is 70.6 Å². The molecule has 0 fully saturated rings. The van der Waals surface area contributed by atoms with Crippen molar-refractivity contribution in [2.45, 2.75) is 0 Å². The number of fused-ring (bicyclic) bond motifs is 11. The first kappa shape index (κ1) is 30.1. The molecule has 0 atom stereocenters. The van der Waals surface area contributed by atoms with Crippen LogP contribution in [-0.4, -0.2) is 9.13 Å². The van der Waals surface area contributed by atoms with Crippen molar-refractivity contribution in [1.29, 1.82) is 0 Å². The molecule has 3 nitrogen and oxygen atoms in total. The summed E-state index contributed by atoms with van der Waals surface area (Å²) in [6, 6.07) is 70.2. The smallest absolute Gasteiger partial charge is 0.159 e. The van der Waals surface area contributed by atoms with Crippen molar-refractivity contribution in [1.82, 2.24) is 9.13 Å². The average molecular weight is 701 g/mol. The number of rotatable bonds is 4. The van der Waals surface area contributed by atoms with Crippen LogP contribution in [0.25, 0.3) is 110 Å². The van der Waals surface area contributed by atoms with Gasteiger partial charge in [0.15, 0.2) is 5.58 Å². The number of aromatic nitrogens is 2. The van der Waals surface area contributed by atoms with E-state index in [0.717, 1.165) is 33.1 Å². The summed E-state index contributed by atoms with van der Waals surface area (Å²) in [7, 11) is 0. The van der Waals surface area contributed by atoms with E-state index in [-0.39, 0.29) is 0 Å². The second kappa shape index (κ2) is 11.6. The zero-order valence-electron chi connectivity index (χ0n) is 29.8. The van der Waals surface area contributed by atoms with E-state index in [9.17, 15) is 0 Å². The third-order valence-corrected chi connectivity index (χ3v) is 11.5. The molecule has 0 aliphatic carbocycles. The molecule has 256 valence electrons. The topological polar surface area (TPSA) is 23.0 Å². The predicted molar refractivity (Wildman–Crippen MR) is 231 cm³/mol. The zero-order chi connectivity index (χ0) is 36.0. The molecule has 0 radical (unpaired) electrons. The SMILES string of the molecule is c1ccc(-c2ccccc2-n2c3ccccc3c3cc(-c4ccc5c(c4)c4ccc6ccccc6c4n5-c4cccc5c4oc4ccccc45)ccc32)cc1. The van der Waals surface area contributed by atoms with Gasteiger partial charge in [0.1, 0.15) is 5.58 Å². The number of furan rings is 1. The minimum atomic E-state index is 0.898. The van der Waals surface area contributed by atoms with E-state index >= 15 is 0 Å². The molecule has 55 heavy (non-hydrogen) atoms. The highest BCUT2D eigenvalue weighted by Gasteiger charge is 2.21. The first-order chi connectivity index (χ1) is 27.3. The average Bonchev–Trinajstić information content (AvgIpc) is 3.91. The van der Waals surface area contributed by atoms with Crippen LogP contribution in [0.3, 0.4) is 0 Å². The van der Waals surface area contributed by atoms with Gasteiger partial charge in [-0.25, -0.2) is 0 Å². The maximum atomic E-state index is 6.63. The minimum Gasteiger partial charge on any atom is -0.454 e. The molecule has 0 N–H and O–H groups in total. The number of hydrogen-bond donors (Lipinski definition) is 0. The zero-order valence-corrected chi connectivity index (χ0v) is 29.8. The van der Waals surface area contributed by atoms with Gasteiger partial charge in [0, 0.05) is 43.3 Å². The van der Waals surface area contributed by atoms with Gasteiger partial charge in [-0.1, -0.05) is 146 Å². The van der Waals surface area contributed by atoms with Crippen LogP contribution in [0.15, 0.2) is 199 Å². The van der Waals surface area contributed by atoms with Gasteiger partial charge in [0.25, 0.3) is 0 Å². The molecule has 9 aromatic carbocycles. The molecule has 0 saturated heterocycles. The van der Waals surface area contributed by atoms with E-state index < -0.39 is 0 Å². The Bertz CT molecular complexity index is 3490. The highest BCUT2D eigenvalue weighted by molar-refractivity contribution is 6.20. The number of hydrogen-bond acceptors (Lipinski definition) is 1. The van der Waals surface area contributed by atoms with Crippen LogP contribution in [-0.2, 0) is 0 Å². The molecule has 0 aliphatic heterocycles. The van der Waals surface area contributed by atoms with Gasteiger partial charge in [-0.3, -0.25) is 0 Å². The van der Waals surface area contributed by atoms with E-state index in [2.05, 4.69) is 197 Å². The van der Waals surface area contributed by atoms with Gasteiger partial charge in [0.2, 0.25) is 0 Å². The van der Waals surface area contributed by atoms with Crippen LogP contribution in [0, 0.1) is 0 Å². The van der Waals surface area contributed by atoms with Crippen LogP contribution in [0.4, 0.5) is 0 Å². The van der Waals surface area contributed by atoms with Crippen molar-refractivity contribution in [3.63, 3.8) is 0 Å². The van der Waals surface area contributed by atoms with Crippen molar-refractivity contribution in [2.75, 3.05) is 0 Å². The lowest BCUT2D eigenvalue weighted by Crippen LogP contribution is -1.97. The Labute approximate surface area is 316 Å². The fraction of sp³-hybridized carbons (Fsp3) is 0. The predicted octanol–water partition coefficient (Wildman–Crippen LogP) is 14.3. The summed E-state index contributed by atoms with van der Waals surface area (Å²) in [5, 5.41) is 9.60. The van der Waals surface area contributed by atoms with Crippen molar-refractivity contribution >= 4 is 76.3 Å². The van der Waals surface area contributed by atoms with E-state index in [0.29, 0.717) is 0 Å². The molecule has 0 bridgehead atoms. The molecular weight excluding hydrogens is 669 g/mol. The third kappa shape index (κ3) is 4.38. The lowest BCUT2D eigenvalue weighted by Gasteiger charge is -2.14. The van der Waals surface area contributed by atoms with Gasteiger partial charge in [-0.2, -0.15) is 0 Å². The first-order valence-corrected chi connectivity index (χ1v) is 18.9. The van der Waals surface area contributed by atoms with Crippen LogP contribution >= 0.6 is 0 Å². The lowest BCUT2D eigenvalue weighted by atomic mass is 10.00. The van der Waals surface area contributed by atoms with Crippen LogP contribution in [0.5, 0.6) is 0 Å². The van der Waals surface area contributed by atoms with E-state index in [1.165, 1.54) is 76.8 Å². The molecular formula is C52H32N2O. The Morgan fingerprint density at radius 3 is 1.80 bits per heavy atom. The lowest BCUT2D eigenvalue weighted by molar-refractivity contribution is 0.666. The van der Waals surface area contributed by atoms with E-state index in [1.54, 1.807) is 0 Å². The highest BCUT2D eigenvalue weighted by atomic mass is 16.3. The fourth-order valence-electron chi connectivity index (χ4n) is 9.06. The third-order valence-electron chi connectivity index (χ3n) is 11.5. The monoisotopic (exact) mass is 700 g/mol. The Hall–Kier alpha value is -7.36. The van der Waals surface area contributed by atoms with Crippen LogP contribution < -0.4 is 0 Å². The number of para-hydroxylation sites is 4. The minimum absolute atomic E-state index is 0.898. The first-order valence-electron chi connectivity index (χ1n) is 18.9. The molecule has 3 aromatic heterocycles. The van der Waals surface area contributed by atoms with Crippen molar-refractivity contribution in [3.05, 3.63) is 194 Å². The van der Waals surface area contributed by atoms with Crippen molar-refractivity contribution in [2.24, 2.45) is 0 Å². The summed E-state index contributed by atoms with van der Waals surface area (Å²) in [5.74, 6) is 0. The highest BCUT2D eigenvalue weighted by Crippen LogP contribution is 2.43. The Kier molecular flexibility index (Phi) is 6.34. The van der Waals surface area contributed by atoms with Crippen molar-refractivity contribution < 1.29 is 4.42 Å². The fourth-order valence-corrected chi connectivity index (χ4v) is 9.06. The van der Waals surface area contributed by atoms with Gasteiger partial charge < -0.3 is 13.6 Å². The molecule has 12 aromatic rings. The normalized spacial score (nSPS) is 12.0. The Balaban J connectivity index is 1.10. The van der Waals surface area contributed by atoms with Gasteiger partial charge in [0.05, 0.1) is 33.4 Å². The van der Waals surface area contributed by atoms with E-state index in [4.69, 9.17) is 4.42 Å². The Morgan fingerprint density at radius 1 is 0.327 bits per heavy atom. The summed E-state index contributed by atoms with van der Waals surface area (Å²) < 4.78 is 11.5. The molecule has 0 aliphatic rings. The second-order valence-corrected chi connectivity index (χ2v) is 14.5. The van der Waals surface area contributed by atoms with Crippen LogP contribution in [0.2, 0.25) is 0 Å². The van der Waals surface area contributed by atoms with Crippen molar-refractivity contribution in [3.8, 4) is 33.6 Å². The van der Waals surface area contributed by atoms with Crippen LogP contribution in [0.1, 0.15) is 0 Å². The maximum absolute atomic E-state index is 6.63. The summed E-state index contributed by atoms with van der Waals surface area (Å²) >= 11 is 0. The number of benzene rings is 9. The van der Waals surface area contributed by atoms with E-state index in [1.807, 2.05) is 6.07 Å². The summed E-state index contributed by atoms with van der Waals surface area (Å²) in [6.07, 6.45) is 0. The molecule has 0 spiro atoms. The molecule has 12 rings (SSSR count). The summed E-state index contributed by atoms with van der Waals surface area (Å²) in [6.45, 7) is 0. The Morgan fingerprint density at radius 2 is 0.945 bits per heavy atom. The molecule has 0 unspecified atom stereocenters. The number of nitrogens with zero attached hydrogens (tertiary/aromatic N) is 2. The molecule has 0 saturated carbocycles.